The fourth-order valence-electron chi connectivity index (χ4n) is 5.11. The minimum absolute atomic E-state index is 0.00386. The molecule has 0 radical (unpaired) electrons. The number of methoxy groups -OCH3 is 2. The summed E-state index contributed by atoms with van der Waals surface area (Å²) < 4.78 is 32.6. The molecule has 0 saturated carbocycles. The van der Waals surface area contributed by atoms with Gasteiger partial charge in [-0.3, -0.25) is 0 Å². The van der Waals surface area contributed by atoms with Gasteiger partial charge in [-0.1, -0.05) is 62.7 Å². The van der Waals surface area contributed by atoms with Crippen molar-refractivity contribution >= 4 is 17.7 Å². The van der Waals surface area contributed by atoms with Gasteiger partial charge in [0.25, 0.3) is 0 Å². The molecule has 1 heterocycles. The van der Waals surface area contributed by atoms with E-state index < -0.39 is 29.0 Å². The molecule has 192 valence electrons. The number of fused-ring (bicyclic) bond motifs is 1. The summed E-state index contributed by atoms with van der Waals surface area (Å²) in [6.07, 6.45) is -0.353. The summed E-state index contributed by atoms with van der Waals surface area (Å²) >= 11 is 6.69. The van der Waals surface area contributed by atoms with Crippen LogP contribution in [0.4, 0.5) is 9.18 Å². The average molecular weight is 523 g/mol. The van der Waals surface area contributed by atoms with E-state index in [4.69, 9.17) is 25.8 Å². The molecule has 0 fully saturated rings. The number of carbonyl (C=O) groups excluding carboxylic acids is 1. The monoisotopic (exact) mass is 522 g/mol. The largest absolute Gasteiger partial charge is 0.494 e. The highest BCUT2D eigenvalue weighted by Crippen LogP contribution is 2.52. The Hall–Kier alpha value is -3.76. The van der Waals surface area contributed by atoms with Gasteiger partial charge in [-0.25, -0.2) is 9.18 Å². The zero-order valence-electron chi connectivity index (χ0n) is 21.3. The topological polar surface area (TPSA) is 80.6 Å². The third-order valence-corrected chi connectivity index (χ3v) is 7.00. The van der Waals surface area contributed by atoms with Crippen LogP contribution in [0.2, 0.25) is 5.02 Å². The molecular weight excluding hydrogens is 495 g/mol. The Balaban J connectivity index is 2.00. The number of ether oxygens (including phenoxy) is 3. The molecule has 8 heteroatoms. The van der Waals surface area contributed by atoms with E-state index in [1.54, 1.807) is 12.1 Å². The molecule has 0 bridgehead atoms. The Kier molecular flexibility index (Phi) is 7.07. The van der Waals surface area contributed by atoms with Gasteiger partial charge in [0.2, 0.25) is 0 Å². The number of hydrogen-bond acceptors (Lipinski definition) is 5. The van der Waals surface area contributed by atoms with Crippen LogP contribution in [-0.2, 0) is 16.8 Å². The lowest BCUT2D eigenvalue weighted by Gasteiger charge is -2.44. The SMILES string of the molecule is COC(=O)N[C@@H](C(C)(C)C)[C@@]1(c2ccccc2)Cc2c(ccc(Cl)c2-c2c(C#N)ccc(OC)c2F)O1. The van der Waals surface area contributed by atoms with Crippen LogP contribution in [0, 0.1) is 22.6 Å². The number of halogens is 2. The molecular formula is C29H28ClFN2O4. The van der Waals surface area contributed by atoms with Crippen molar-refractivity contribution < 1.29 is 23.4 Å². The molecule has 1 N–H and O–H groups in total. The minimum Gasteiger partial charge on any atom is -0.494 e. The normalized spacial score (nSPS) is 17.2. The van der Waals surface area contributed by atoms with Crippen LogP contribution in [0.3, 0.4) is 0 Å². The summed E-state index contributed by atoms with van der Waals surface area (Å²) in [6.45, 7) is 5.98. The van der Waals surface area contributed by atoms with E-state index in [-0.39, 0.29) is 28.3 Å². The predicted molar refractivity (Wildman–Crippen MR) is 139 cm³/mol. The Morgan fingerprint density at radius 3 is 2.43 bits per heavy atom. The molecule has 1 aliphatic heterocycles. The number of alkyl carbamates (subject to hydrolysis) is 1. The van der Waals surface area contributed by atoms with Gasteiger partial charge in [0.15, 0.2) is 17.2 Å². The van der Waals surface area contributed by atoms with Crippen LogP contribution in [0.1, 0.15) is 37.5 Å². The third kappa shape index (κ3) is 4.58. The zero-order valence-corrected chi connectivity index (χ0v) is 22.1. The fraction of sp³-hybridized carbons (Fsp3) is 0.310. The third-order valence-electron chi connectivity index (χ3n) is 6.69. The molecule has 0 aromatic heterocycles. The summed E-state index contributed by atoms with van der Waals surface area (Å²) in [5.74, 6) is -0.208. The number of nitrogens with zero attached hydrogens (tertiary/aromatic N) is 1. The highest BCUT2D eigenvalue weighted by molar-refractivity contribution is 6.33. The summed E-state index contributed by atoms with van der Waals surface area (Å²) in [5.41, 5.74) is 0.384. The molecule has 0 saturated heterocycles. The Labute approximate surface area is 220 Å². The highest BCUT2D eigenvalue weighted by Gasteiger charge is 2.53. The average Bonchev–Trinajstić information content (AvgIpc) is 3.27. The number of carbonyl (C=O) groups is 1. The van der Waals surface area contributed by atoms with E-state index >= 15 is 4.39 Å². The van der Waals surface area contributed by atoms with E-state index in [0.29, 0.717) is 16.9 Å². The van der Waals surface area contributed by atoms with Gasteiger partial charge in [-0.05, 0) is 35.2 Å². The molecule has 3 aromatic rings. The van der Waals surface area contributed by atoms with E-state index in [1.165, 1.54) is 26.4 Å². The Bertz CT molecular complexity index is 1380. The lowest BCUT2D eigenvalue weighted by atomic mass is 9.70. The molecule has 0 spiro atoms. The quantitative estimate of drug-likeness (QED) is 0.407. The van der Waals surface area contributed by atoms with Crippen molar-refractivity contribution in [2.24, 2.45) is 5.41 Å². The maximum Gasteiger partial charge on any atom is 0.407 e. The molecule has 37 heavy (non-hydrogen) atoms. The standard InChI is InChI=1S/C29H28ClFN2O4/c1-28(2,3)26(33-27(34)36-5)29(18-9-7-6-8-10-18)15-19-21(37-29)14-12-20(30)24(19)23-17(16-32)11-13-22(35-4)25(23)31/h6-14,26H,15H2,1-5H3,(H,33,34)/t26-,29-/m0/s1. The molecule has 0 aliphatic carbocycles. The number of amides is 1. The van der Waals surface area contributed by atoms with Crippen molar-refractivity contribution in [3.63, 3.8) is 0 Å². The van der Waals surface area contributed by atoms with Crippen molar-refractivity contribution in [1.29, 1.82) is 5.26 Å². The minimum atomic E-state index is -1.09. The van der Waals surface area contributed by atoms with Crippen molar-refractivity contribution in [3.8, 4) is 28.7 Å². The summed E-state index contributed by atoms with van der Waals surface area (Å²) in [6, 6.07) is 17.3. The molecule has 3 aromatic carbocycles. The van der Waals surface area contributed by atoms with Crippen molar-refractivity contribution in [2.75, 3.05) is 14.2 Å². The highest BCUT2D eigenvalue weighted by atomic mass is 35.5. The van der Waals surface area contributed by atoms with Crippen molar-refractivity contribution in [1.82, 2.24) is 5.32 Å². The van der Waals surface area contributed by atoms with E-state index in [1.807, 2.05) is 51.1 Å². The second-order valence-corrected chi connectivity index (χ2v) is 10.4. The number of benzene rings is 3. The van der Waals surface area contributed by atoms with Gasteiger partial charge in [0.05, 0.1) is 31.9 Å². The number of nitriles is 1. The van der Waals surface area contributed by atoms with Crippen LogP contribution >= 0.6 is 11.6 Å². The van der Waals surface area contributed by atoms with E-state index in [0.717, 1.165) is 5.56 Å². The first-order valence-electron chi connectivity index (χ1n) is 11.7. The van der Waals surface area contributed by atoms with E-state index in [9.17, 15) is 10.1 Å². The van der Waals surface area contributed by atoms with Crippen molar-refractivity contribution in [3.05, 3.63) is 82.1 Å². The second kappa shape index (κ2) is 9.95. The zero-order chi connectivity index (χ0) is 27.0. The van der Waals surface area contributed by atoms with Crippen LogP contribution in [0.25, 0.3) is 11.1 Å². The smallest absolute Gasteiger partial charge is 0.407 e. The lowest BCUT2D eigenvalue weighted by molar-refractivity contribution is 0.000417. The van der Waals surface area contributed by atoms with Crippen LogP contribution in [0.5, 0.6) is 11.5 Å². The molecule has 1 amide bonds. The van der Waals surface area contributed by atoms with Gasteiger partial charge < -0.3 is 19.5 Å². The lowest BCUT2D eigenvalue weighted by Crippen LogP contribution is -2.59. The van der Waals surface area contributed by atoms with E-state index in [2.05, 4.69) is 11.4 Å². The number of hydrogen-bond donors (Lipinski definition) is 1. The summed E-state index contributed by atoms with van der Waals surface area (Å²) in [7, 11) is 2.67. The molecule has 1 aliphatic rings. The first-order chi connectivity index (χ1) is 17.6. The molecule has 0 unspecified atom stereocenters. The Morgan fingerprint density at radius 1 is 1.14 bits per heavy atom. The first-order valence-corrected chi connectivity index (χ1v) is 12.1. The van der Waals surface area contributed by atoms with Gasteiger partial charge in [0.1, 0.15) is 5.75 Å². The van der Waals surface area contributed by atoms with Crippen LogP contribution < -0.4 is 14.8 Å². The predicted octanol–water partition coefficient (Wildman–Crippen LogP) is 6.63. The maximum absolute atomic E-state index is 15.7. The first kappa shape index (κ1) is 26.3. The number of nitrogens with one attached hydrogen (secondary N) is 1. The van der Waals surface area contributed by atoms with Crippen LogP contribution in [0.15, 0.2) is 54.6 Å². The Morgan fingerprint density at radius 2 is 1.84 bits per heavy atom. The van der Waals surface area contributed by atoms with Crippen molar-refractivity contribution in [2.45, 2.75) is 38.8 Å². The second-order valence-electron chi connectivity index (χ2n) is 9.98. The summed E-state index contributed by atoms with van der Waals surface area (Å²) in [4.78, 5) is 12.5. The van der Waals surface area contributed by atoms with Gasteiger partial charge in [-0.15, -0.1) is 0 Å². The maximum atomic E-state index is 15.7. The molecule has 2 atom stereocenters. The number of rotatable bonds is 5. The van der Waals surface area contributed by atoms with Crippen LogP contribution in [-0.4, -0.2) is 26.4 Å². The fourth-order valence-corrected chi connectivity index (χ4v) is 5.38. The molecule has 4 rings (SSSR count). The molecule has 6 nitrogen and oxygen atoms in total. The van der Waals surface area contributed by atoms with Gasteiger partial charge >= 0.3 is 6.09 Å². The van der Waals surface area contributed by atoms with Gasteiger partial charge in [0, 0.05) is 28.1 Å². The summed E-state index contributed by atoms with van der Waals surface area (Å²) in [5, 5.41) is 13.1. The van der Waals surface area contributed by atoms with Gasteiger partial charge in [-0.2, -0.15) is 5.26 Å².